The highest BCUT2D eigenvalue weighted by atomic mass is 16.3. The van der Waals surface area contributed by atoms with E-state index in [1.165, 1.54) is 0 Å². The van der Waals surface area contributed by atoms with E-state index in [2.05, 4.69) is 0 Å². The molecule has 0 aliphatic carbocycles. The average molecular weight is 90.1 g/mol. The zero-order valence-corrected chi connectivity index (χ0v) is 3.42. The van der Waals surface area contributed by atoms with Gasteiger partial charge in [0, 0.05) is 0 Å². The molecule has 0 amide bonds. The Morgan fingerprint density at radius 3 is 2.33 bits per heavy atom. The van der Waals surface area contributed by atoms with Crippen molar-refractivity contribution in [3.63, 3.8) is 0 Å². The van der Waals surface area contributed by atoms with Crippen LogP contribution in [0.25, 0.3) is 0 Å². The Balaban J connectivity index is 2.75. The van der Waals surface area contributed by atoms with Gasteiger partial charge in [0.2, 0.25) is 0 Å². The fourth-order valence-electron chi connectivity index (χ4n) is 0.0527. The van der Waals surface area contributed by atoms with Crippen LogP contribution in [-0.4, -0.2) is 24.4 Å². The van der Waals surface area contributed by atoms with Crippen molar-refractivity contribution >= 4 is 0 Å². The third-order valence-electron chi connectivity index (χ3n) is 0.449. The maximum absolute atomic E-state index is 9.58. The molecule has 0 aromatic carbocycles. The normalized spacial score (nSPS) is 10.0. The Morgan fingerprint density at radius 1 is 1.83 bits per heavy atom. The second-order valence-electron chi connectivity index (χ2n) is 1.11. The zero-order chi connectivity index (χ0) is 4.99. The highest BCUT2D eigenvalue weighted by molar-refractivity contribution is 4.52. The molecule has 3 nitrogen and oxygen atoms in total. The van der Waals surface area contributed by atoms with E-state index >= 15 is 0 Å². The maximum Gasteiger partial charge on any atom is 0.0995 e. The van der Waals surface area contributed by atoms with Crippen LogP contribution in [0.5, 0.6) is 0 Å². The van der Waals surface area contributed by atoms with Crippen LogP contribution in [0.2, 0.25) is 0 Å². The fourth-order valence-corrected chi connectivity index (χ4v) is 0.0527. The Kier molecular flexibility index (Phi) is 3.02. The van der Waals surface area contributed by atoms with E-state index in [0.29, 0.717) is 0 Å². The van der Waals surface area contributed by atoms with Crippen molar-refractivity contribution in [2.45, 2.75) is 6.04 Å². The van der Waals surface area contributed by atoms with Gasteiger partial charge in [-0.25, -0.2) is 5.11 Å². The lowest BCUT2D eigenvalue weighted by molar-refractivity contribution is 0.138. The van der Waals surface area contributed by atoms with E-state index in [9.17, 15) is 5.11 Å². The van der Waals surface area contributed by atoms with Crippen molar-refractivity contribution in [2.75, 3.05) is 13.2 Å². The maximum atomic E-state index is 9.58. The first-order chi connectivity index (χ1) is 2.81. The first-order valence-corrected chi connectivity index (χ1v) is 1.75. The topological polar surface area (TPSA) is 66.2 Å². The minimum Gasteiger partial charge on any atom is -0.395 e. The van der Waals surface area contributed by atoms with Gasteiger partial charge >= 0.3 is 0 Å². The first-order valence-electron chi connectivity index (χ1n) is 1.75. The van der Waals surface area contributed by atoms with E-state index in [-0.39, 0.29) is 6.61 Å². The van der Waals surface area contributed by atoms with Gasteiger partial charge in [-0.3, -0.25) is 0 Å². The molecular formula is C3H8NO2. The third-order valence-corrected chi connectivity index (χ3v) is 0.449. The molecule has 0 aliphatic rings. The van der Waals surface area contributed by atoms with Crippen molar-refractivity contribution in [3.05, 3.63) is 0 Å². The van der Waals surface area contributed by atoms with Crippen LogP contribution in [-0.2, 0) is 5.11 Å². The molecule has 0 saturated carbocycles. The van der Waals surface area contributed by atoms with E-state index in [1.807, 2.05) is 0 Å². The number of aliphatic hydroxyl groups excluding tert-OH is 1. The zero-order valence-electron chi connectivity index (χ0n) is 3.42. The molecule has 0 aromatic heterocycles. The van der Waals surface area contributed by atoms with Gasteiger partial charge in [0.1, 0.15) is 0 Å². The Hall–Kier alpha value is -0.120. The highest BCUT2D eigenvalue weighted by Gasteiger charge is 1.93. The molecule has 1 atom stereocenters. The lowest BCUT2D eigenvalue weighted by Crippen LogP contribution is -2.27. The van der Waals surface area contributed by atoms with Crippen molar-refractivity contribution in [1.82, 2.24) is 0 Å². The van der Waals surface area contributed by atoms with Crippen LogP contribution in [0.15, 0.2) is 0 Å². The summed E-state index contributed by atoms with van der Waals surface area (Å²) in [7, 11) is 0. The van der Waals surface area contributed by atoms with Crippen LogP contribution in [0.3, 0.4) is 0 Å². The number of aliphatic hydroxyl groups is 1. The summed E-state index contributed by atoms with van der Waals surface area (Å²) in [5.74, 6) is 0. The Morgan fingerprint density at radius 2 is 2.33 bits per heavy atom. The molecule has 37 valence electrons. The van der Waals surface area contributed by atoms with Gasteiger partial charge in [-0.05, 0) is 0 Å². The number of hydrogen-bond acceptors (Lipinski definition) is 2. The predicted octanol–water partition coefficient (Wildman–Crippen LogP) is -1.26. The van der Waals surface area contributed by atoms with Gasteiger partial charge in [-0.1, -0.05) is 0 Å². The van der Waals surface area contributed by atoms with Crippen molar-refractivity contribution < 1.29 is 10.2 Å². The van der Waals surface area contributed by atoms with E-state index in [0.717, 1.165) is 0 Å². The molecule has 3 heteroatoms. The molecule has 0 fully saturated rings. The van der Waals surface area contributed by atoms with Crippen molar-refractivity contribution in [3.8, 4) is 0 Å². The monoisotopic (exact) mass is 90.1 g/mol. The van der Waals surface area contributed by atoms with Crippen molar-refractivity contribution in [1.29, 1.82) is 0 Å². The second kappa shape index (κ2) is 3.08. The summed E-state index contributed by atoms with van der Waals surface area (Å²) in [5.41, 5.74) is 4.91. The van der Waals surface area contributed by atoms with Gasteiger partial charge in [0.05, 0.1) is 19.3 Å². The lowest BCUT2D eigenvalue weighted by Gasteiger charge is -1.96. The second-order valence-corrected chi connectivity index (χ2v) is 1.11. The molecule has 0 spiro atoms. The summed E-state index contributed by atoms with van der Waals surface area (Å²) in [6.07, 6.45) is 0. The minimum absolute atomic E-state index is 0.205. The van der Waals surface area contributed by atoms with Crippen LogP contribution in [0, 0.1) is 0 Å². The molecule has 1 radical (unpaired) electrons. The molecule has 0 heterocycles. The SMILES string of the molecule is N[C@H](C[O])CO. The molecule has 0 rings (SSSR count). The van der Waals surface area contributed by atoms with E-state index < -0.39 is 12.6 Å². The van der Waals surface area contributed by atoms with Gasteiger partial charge in [0.25, 0.3) is 0 Å². The Bertz CT molecular complexity index is 28.0. The van der Waals surface area contributed by atoms with Gasteiger partial charge in [-0.15, -0.1) is 0 Å². The quantitative estimate of drug-likeness (QED) is 0.444. The van der Waals surface area contributed by atoms with E-state index in [1.54, 1.807) is 0 Å². The average Bonchev–Trinajstić information content (AvgIpc) is 1.65. The summed E-state index contributed by atoms with van der Waals surface area (Å²) < 4.78 is 0. The highest BCUT2D eigenvalue weighted by Crippen LogP contribution is 1.67. The van der Waals surface area contributed by atoms with Gasteiger partial charge in [0.15, 0.2) is 0 Å². The number of rotatable bonds is 2. The molecule has 0 saturated heterocycles. The summed E-state index contributed by atoms with van der Waals surface area (Å²) in [4.78, 5) is 0. The van der Waals surface area contributed by atoms with Crippen LogP contribution >= 0.6 is 0 Å². The molecule has 3 N–H and O–H groups in total. The molecule has 0 aliphatic heterocycles. The van der Waals surface area contributed by atoms with Crippen LogP contribution in [0.1, 0.15) is 0 Å². The minimum atomic E-state index is -0.565. The first kappa shape index (κ1) is 5.88. The predicted molar refractivity (Wildman–Crippen MR) is 20.6 cm³/mol. The number of nitrogens with two attached hydrogens (primary N) is 1. The van der Waals surface area contributed by atoms with Gasteiger partial charge in [-0.2, -0.15) is 0 Å². The standard InChI is InChI=1S/C3H8NO2/c4-3(1-5)2-6/h3,5H,1-2,4H2/t3-/m0/s1. The van der Waals surface area contributed by atoms with Crippen molar-refractivity contribution in [2.24, 2.45) is 5.73 Å². The number of hydrogen-bond donors (Lipinski definition) is 2. The fraction of sp³-hybridized carbons (Fsp3) is 1.00. The lowest BCUT2D eigenvalue weighted by atomic mass is 10.4. The summed E-state index contributed by atoms with van der Waals surface area (Å²) in [6, 6.07) is -0.565. The molecule has 6 heavy (non-hydrogen) atoms. The summed E-state index contributed by atoms with van der Waals surface area (Å²) >= 11 is 0. The third kappa shape index (κ3) is 2.14. The molecule has 0 bridgehead atoms. The van der Waals surface area contributed by atoms with Crippen LogP contribution < -0.4 is 5.73 Å². The van der Waals surface area contributed by atoms with Gasteiger partial charge < -0.3 is 10.8 Å². The molecule has 0 unspecified atom stereocenters. The van der Waals surface area contributed by atoms with E-state index in [4.69, 9.17) is 10.8 Å². The molecular weight excluding hydrogens is 82.0 g/mol. The van der Waals surface area contributed by atoms with Crippen LogP contribution in [0.4, 0.5) is 0 Å². The summed E-state index contributed by atoms with van der Waals surface area (Å²) in [5, 5.41) is 17.6. The molecule has 0 aromatic rings. The smallest absolute Gasteiger partial charge is 0.0995 e. The Labute approximate surface area is 36.4 Å². The largest absolute Gasteiger partial charge is 0.395 e. The summed E-state index contributed by atoms with van der Waals surface area (Å²) in [6.45, 7) is -0.597.